The molecule has 1 unspecified atom stereocenters. The molecule has 0 spiro atoms. The summed E-state index contributed by atoms with van der Waals surface area (Å²) >= 11 is 0. The molecule has 1 aliphatic heterocycles. The van der Waals surface area contributed by atoms with Crippen LogP contribution >= 0.6 is 9.39 Å². The van der Waals surface area contributed by atoms with E-state index in [0.717, 1.165) is 18.8 Å². The molecule has 0 aromatic rings. The van der Waals surface area contributed by atoms with Gasteiger partial charge in [-0.25, -0.2) is 0 Å². The SMILES string of the molecule is C=C/C=C(\C=C/C)NC1CCN(P)CC1. The van der Waals surface area contributed by atoms with Crippen molar-refractivity contribution in [3.63, 3.8) is 0 Å². The van der Waals surface area contributed by atoms with Gasteiger partial charge in [0.15, 0.2) is 0 Å². The molecule has 1 rings (SSSR count). The minimum absolute atomic E-state index is 0.601. The van der Waals surface area contributed by atoms with Gasteiger partial charge in [0, 0.05) is 24.8 Å². The lowest BCUT2D eigenvalue weighted by Crippen LogP contribution is -2.38. The quantitative estimate of drug-likeness (QED) is 0.583. The summed E-state index contributed by atoms with van der Waals surface area (Å²) in [5.41, 5.74) is 1.16. The number of hydrogen-bond donors (Lipinski definition) is 1. The molecule has 1 heterocycles. The van der Waals surface area contributed by atoms with E-state index in [4.69, 9.17) is 0 Å². The standard InChI is InChI=1S/C12H21N2P/c1-3-5-11(6-4-2)13-12-7-9-14(15)10-8-12/h3-6,12-13H,1,7-10,15H2,2H3/b6-4-,11-5+. The van der Waals surface area contributed by atoms with Crippen molar-refractivity contribution in [1.29, 1.82) is 0 Å². The molecule has 84 valence electrons. The Morgan fingerprint density at radius 3 is 2.67 bits per heavy atom. The molecule has 0 radical (unpaired) electrons. The normalized spacial score (nSPS) is 20.8. The molecule has 0 aromatic heterocycles. The predicted octanol–water partition coefficient (Wildman–Crippen LogP) is 2.48. The maximum Gasteiger partial charge on any atom is 0.0338 e. The lowest BCUT2D eigenvalue weighted by Gasteiger charge is -2.30. The zero-order valence-corrected chi connectivity index (χ0v) is 10.6. The van der Waals surface area contributed by atoms with E-state index in [1.807, 2.05) is 25.2 Å². The topological polar surface area (TPSA) is 15.3 Å². The number of hydrogen-bond acceptors (Lipinski definition) is 2. The Morgan fingerprint density at radius 2 is 2.13 bits per heavy atom. The molecular weight excluding hydrogens is 203 g/mol. The van der Waals surface area contributed by atoms with Gasteiger partial charge >= 0.3 is 0 Å². The summed E-state index contributed by atoms with van der Waals surface area (Å²) in [7, 11) is 2.77. The molecule has 15 heavy (non-hydrogen) atoms. The third-order valence-corrected chi connectivity index (χ3v) is 3.06. The Bertz CT molecular complexity index is 250. The summed E-state index contributed by atoms with van der Waals surface area (Å²) in [4.78, 5) is 0. The highest BCUT2D eigenvalue weighted by atomic mass is 31.0. The van der Waals surface area contributed by atoms with Crippen molar-refractivity contribution in [3.05, 3.63) is 36.6 Å². The number of nitrogens with zero attached hydrogens (tertiary/aromatic N) is 1. The molecule has 0 bridgehead atoms. The van der Waals surface area contributed by atoms with Crippen LogP contribution in [0.15, 0.2) is 36.6 Å². The lowest BCUT2D eigenvalue weighted by molar-refractivity contribution is 0.321. The fourth-order valence-corrected chi connectivity index (χ4v) is 2.04. The lowest BCUT2D eigenvalue weighted by atomic mass is 10.1. The van der Waals surface area contributed by atoms with E-state index in [2.05, 4.69) is 32.0 Å². The smallest absolute Gasteiger partial charge is 0.0338 e. The molecule has 1 N–H and O–H groups in total. The molecular formula is C12H21N2P. The molecule has 0 aliphatic carbocycles. The van der Waals surface area contributed by atoms with Crippen LogP contribution in [-0.2, 0) is 0 Å². The first-order valence-corrected chi connectivity index (χ1v) is 5.99. The van der Waals surface area contributed by atoms with Crippen molar-refractivity contribution in [2.24, 2.45) is 0 Å². The second kappa shape index (κ2) is 6.81. The Morgan fingerprint density at radius 1 is 1.47 bits per heavy atom. The van der Waals surface area contributed by atoms with Gasteiger partial charge in [-0.2, -0.15) is 0 Å². The highest BCUT2D eigenvalue weighted by Gasteiger charge is 2.16. The predicted molar refractivity (Wildman–Crippen MR) is 70.5 cm³/mol. The summed E-state index contributed by atoms with van der Waals surface area (Å²) in [6.45, 7) is 8.06. The summed E-state index contributed by atoms with van der Waals surface area (Å²) in [5.74, 6) is 0. The van der Waals surface area contributed by atoms with Gasteiger partial charge in [0.25, 0.3) is 0 Å². The van der Waals surface area contributed by atoms with E-state index in [0.29, 0.717) is 6.04 Å². The zero-order valence-electron chi connectivity index (χ0n) is 9.45. The number of rotatable bonds is 4. The van der Waals surface area contributed by atoms with Gasteiger partial charge in [-0.15, -0.1) is 0 Å². The number of nitrogens with one attached hydrogen (secondary N) is 1. The molecule has 1 aliphatic rings. The van der Waals surface area contributed by atoms with Gasteiger partial charge in [0.05, 0.1) is 0 Å². The fraction of sp³-hybridized carbons (Fsp3) is 0.500. The molecule has 0 aromatic carbocycles. The average molecular weight is 224 g/mol. The van der Waals surface area contributed by atoms with Crippen LogP contribution in [0.1, 0.15) is 19.8 Å². The molecule has 2 nitrogen and oxygen atoms in total. The molecule has 0 amide bonds. The minimum atomic E-state index is 0.601. The summed E-state index contributed by atoms with van der Waals surface area (Å²) in [5, 5.41) is 3.55. The van der Waals surface area contributed by atoms with Crippen molar-refractivity contribution in [1.82, 2.24) is 9.99 Å². The van der Waals surface area contributed by atoms with Crippen LogP contribution in [0.4, 0.5) is 0 Å². The van der Waals surface area contributed by atoms with E-state index >= 15 is 0 Å². The monoisotopic (exact) mass is 224 g/mol. The van der Waals surface area contributed by atoms with Crippen LogP contribution in [0, 0.1) is 0 Å². The van der Waals surface area contributed by atoms with Crippen LogP contribution in [-0.4, -0.2) is 23.8 Å². The largest absolute Gasteiger partial charge is 0.382 e. The fourth-order valence-electron chi connectivity index (χ4n) is 1.74. The van der Waals surface area contributed by atoms with Crippen LogP contribution < -0.4 is 5.32 Å². The first-order chi connectivity index (χ1) is 7.26. The van der Waals surface area contributed by atoms with Gasteiger partial charge in [-0.05, 0) is 31.9 Å². The maximum absolute atomic E-state index is 3.73. The summed E-state index contributed by atoms with van der Waals surface area (Å²) in [6, 6.07) is 0.601. The first kappa shape index (κ1) is 12.5. The highest BCUT2D eigenvalue weighted by Crippen LogP contribution is 2.14. The second-order valence-electron chi connectivity index (χ2n) is 3.81. The number of allylic oxidation sites excluding steroid dienone is 4. The van der Waals surface area contributed by atoms with Crippen molar-refractivity contribution < 1.29 is 0 Å². The molecule has 3 heteroatoms. The van der Waals surface area contributed by atoms with Gasteiger partial charge in [0.2, 0.25) is 0 Å². The van der Waals surface area contributed by atoms with Crippen molar-refractivity contribution in [2.45, 2.75) is 25.8 Å². The Kier molecular flexibility index (Phi) is 5.67. The molecule has 0 saturated carbocycles. The highest BCUT2D eigenvalue weighted by molar-refractivity contribution is 7.13. The van der Waals surface area contributed by atoms with Gasteiger partial charge < -0.3 is 5.32 Å². The van der Waals surface area contributed by atoms with E-state index in [1.54, 1.807) is 0 Å². The second-order valence-corrected chi connectivity index (χ2v) is 4.54. The minimum Gasteiger partial charge on any atom is -0.382 e. The van der Waals surface area contributed by atoms with E-state index in [9.17, 15) is 0 Å². The van der Waals surface area contributed by atoms with Crippen molar-refractivity contribution >= 4 is 9.39 Å². The Labute approximate surface area is 95.4 Å². The Balaban J connectivity index is 2.44. The first-order valence-electron chi connectivity index (χ1n) is 5.48. The Hall–Kier alpha value is -0.590. The number of piperidine rings is 1. The maximum atomic E-state index is 3.73. The average Bonchev–Trinajstić information content (AvgIpc) is 2.22. The van der Waals surface area contributed by atoms with Crippen LogP contribution in [0.2, 0.25) is 0 Å². The molecule has 1 fully saturated rings. The van der Waals surface area contributed by atoms with Crippen molar-refractivity contribution in [2.75, 3.05) is 13.1 Å². The van der Waals surface area contributed by atoms with Crippen LogP contribution in [0.5, 0.6) is 0 Å². The van der Waals surface area contributed by atoms with Crippen molar-refractivity contribution in [3.8, 4) is 0 Å². The molecule has 1 saturated heterocycles. The van der Waals surface area contributed by atoms with Gasteiger partial charge in [-0.3, -0.25) is 4.67 Å². The van der Waals surface area contributed by atoms with E-state index in [-0.39, 0.29) is 0 Å². The molecule has 1 atom stereocenters. The van der Waals surface area contributed by atoms with Crippen LogP contribution in [0.3, 0.4) is 0 Å². The third kappa shape index (κ3) is 4.63. The van der Waals surface area contributed by atoms with Gasteiger partial charge in [-0.1, -0.05) is 28.1 Å². The van der Waals surface area contributed by atoms with Crippen LogP contribution in [0.25, 0.3) is 0 Å². The van der Waals surface area contributed by atoms with Gasteiger partial charge in [0.1, 0.15) is 0 Å². The van der Waals surface area contributed by atoms with E-state index < -0.39 is 0 Å². The van der Waals surface area contributed by atoms with E-state index in [1.165, 1.54) is 12.8 Å². The zero-order chi connectivity index (χ0) is 11.1. The third-order valence-electron chi connectivity index (χ3n) is 2.54. The summed E-state index contributed by atoms with van der Waals surface area (Å²) in [6.07, 6.45) is 10.4. The summed E-state index contributed by atoms with van der Waals surface area (Å²) < 4.78 is 2.30.